The van der Waals surface area contributed by atoms with E-state index in [0.717, 1.165) is 51.4 Å². The van der Waals surface area contributed by atoms with Gasteiger partial charge in [-0.25, -0.2) is 17.9 Å². The molecule has 0 saturated heterocycles. The molecule has 44 heavy (non-hydrogen) atoms. The summed E-state index contributed by atoms with van der Waals surface area (Å²) in [5, 5.41) is 22.5. The first-order chi connectivity index (χ1) is 20.7. The van der Waals surface area contributed by atoms with Gasteiger partial charge in [-0.15, -0.1) is 0 Å². The van der Waals surface area contributed by atoms with Gasteiger partial charge in [-0.1, -0.05) is 34.1 Å². The van der Waals surface area contributed by atoms with Crippen LogP contribution in [0, 0.1) is 52.3 Å². The van der Waals surface area contributed by atoms with E-state index in [1.54, 1.807) is 12.1 Å². The van der Waals surface area contributed by atoms with Gasteiger partial charge in [0.2, 0.25) is 0 Å². The lowest BCUT2D eigenvalue weighted by molar-refractivity contribution is -0.203. The molecule has 4 fully saturated rings. The third-order valence-corrected chi connectivity index (χ3v) is 14.0. The molecule has 3 N–H and O–H groups in total. The maximum absolute atomic E-state index is 12.7. The molecule has 11 atom stereocenters. The Labute approximate surface area is 264 Å². The predicted octanol–water partition coefficient (Wildman–Crippen LogP) is 6.54. The molecule has 248 valence electrons. The van der Waals surface area contributed by atoms with E-state index in [2.05, 4.69) is 27.7 Å². The molecule has 0 radical (unpaired) electrons. The number of hydrogen-bond acceptors (Lipinski definition) is 7. The van der Waals surface area contributed by atoms with Gasteiger partial charge in [0.1, 0.15) is 5.75 Å². The number of fused-ring (bicyclic) bond motifs is 5. The van der Waals surface area contributed by atoms with Crippen LogP contribution in [0.3, 0.4) is 0 Å². The van der Waals surface area contributed by atoms with Gasteiger partial charge in [-0.05, 0) is 142 Å². The summed E-state index contributed by atoms with van der Waals surface area (Å²) >= 11 is 0. The number of carbonyl (C=O) groups excluding carboxylic acids is 1. The van der Waals surface area contributed by atoms with E-state index in [9.17, 15) is 23.4 Å². The number of rotatable bonds is 9. The zero-order valence-electron chi connectivity index (χ0n) is 27.5. The van der Waals surface area contributed by atoms with Crippen LogP contribution in [0.25, 0.3) is 0 Å². The van der Waals surface area contributed by atoms with Crippen LogP contribution < -0.4 is 9.46 Å². The molecule has 0 spiro atoms. The van der Waals surface area contributed by atoms with E-state index in [-0.39, 0.29) is 46.6 Å². The quantitative estimate of drug-likeness (QED) is 0.282. The molecular formula is C35H55NO7S. The number of benzene rings is 1. The number of aliphatic hydroxyl groups excluding tert-OH is 2. The summed E-state index contributed by atoms with van der Waals surface area (Å²) in [5.41, 5.74) is 0.300. The summed E-state index contributed by atoms with van der Waals surface area (Å²) < 4.78 is 38.4. The van der Waals surface area contributed by atoms with Crippen molar-refractivity contribution in [1.82, 2.24) is 4.72 Å². The van der Waals surface area contributed by atoms with Gasteiger partial charge in [0.05, 0.1) is 29.8 Å². The van der Waals surface area contributed by atoms with Crippen LogP contribution in [-0.2, 0) is 14.8 Å². The largest absolute Gasteiger partial charge is 0.491 e. The summed E-state index contributed by atoms with van der Waals surface area (Å²) in [6, 6.07) is 5.95. The Balaban J connectivity index is 1.18. The number of hydrogen-bond donors (Lipinski definition) is 3. The van der Waals surface area contributed by atoms with Gasteiger partial charge in [0.25, 0.3) is 10.0 Å². The van der Waals surface area contributed by atoms with Crippen molar-refractivity contribution in [2.75, 3.05) is 6.61 Å². The highest BCUT2D eigenvalue weighted by Gasteiger charge is 2.64. The van der Waals surface area contributed by atoms with Crippen molar-refractivity contribution in [3.63, 3.8) is 0 Å². The van der Waals surface area contributed by atoms with Gasteiger partial charge in [0.15, 0.2) is 0 Å². The van der Waals surface area contributed by atoms with Gasteiger partial charge in [-0.2, -0.15) is 0 Å². The number of ether oxygens (including phenoxy) is 2. The van der Waals surface area contributed by atoms with Crippen LogP contribution in [0.5, 0.6) is 5.75 Å². The minimum atomic E-state index is -4.05. The van der Waals surface area contributed by atoms with Crippen molar-refractivity contribution in [2.45, 2.75) is 123 Å². The molecular weight excluding hydrogens is 578 g/mol. The monoisotopic (exact) mass is 633 g/mol. The van der Waals surface area contributed by atoms with Crippen molar-refractivity contribution in [1.29, 1.82) is 0 Å². The van der Waals surface area contributed by atoms with Crippen LogP contribution in [0.15, 0.2) is 29.2 Å². The molecule has 4 aliphatic rings. The number of aliphatic hydroxyl groups is 2. The molecule has 8 nitrogen and oxygen atoms in total. The van der Waals surface area contributed by atoms with Crippen molar-refractivity contribution in [3.05, 3.63) is 24.3 Å². The topological polar surface area (TPSA) is 122 Å². The molecule has 1 aromatic carbocycles. The summed E-state index contributed by atoms with van der Waals surface area (Å²) in [4.78, 5) is 12.4. The summed E-state index contributed by atoms with van der Waals surface area (Å²) in [7, 11) is -4.05. The van der Waals surface area contributed by atoms with Crippen LogP contribution in [-0.4, -0.2) is 49.6 Å². The van der Waals surface area contributed by atoms with Crippen molar-refractivity contribution < 1.29 is 32.9 Å². The van der Waals surface area contributed by atoms with E-state index in [4.69, 9.17) is 9.47 Å². The van der Waals surface area contributed by atoms with Gasteiger partial charge in [-0.3, -0.25) is 0 Å². The molecule has 0 bridgehead atoms. The second kappa shape index (κ2) is 12.7. The molecule has 4 aliphatic carbocycles. The van der Waals surface area contributed by atoms with Crippen LogP contribution in [0.2, 0.25) is 0 Å². The van der Waals surface area contributed by atoms with E-state index >= 15 is 0 Å². The van der Waals surface area contributed by atoms with Crippen molar-refractivity contribution in [3.8, 4) is 5.75 Å². The number of nitrogens with one attached hydrogen (secondary N) is 1. The summed E-state index contributed by atoms with van der Waals surface area (Å²) in [6.45, 7) is 13.3. The minimum Gasteiger partial charge on any atom is -0.491 e. The smallest absolute Gasteiger partial charge is 0.421 e. The summed E-state index contributed by atoms with van der Waals surface area (Å²) in [5.74, 6) is 3.21. The Hall–Kier alpha value is -1.84. The number of amides is 1. The van der Waals surface area contributed by atoms with Crippen molar-refractivity contribution in [2.24, 2.45) is 52.3 Å². The molecule has 5 rings (SSSR count). The highest BCUT2D eigenvalue weighted by atomic mass is 32.2. The maximum atomic E-state index is 12.7. The Morgan fingerprint density at radius 1 is 0.977 bits per heavy atom. The third-order valence-electron chi connectivity index (χ3n) is 12.7. The van der Waals surface area contributed by atoms with E-state index in [1.807, 2.05) is 18.6 Å². The molecule has 1 aromatic rings. The highest BCUT2D eigenvalue weighted by molar-refractivity contribution is 7.90. The zero-order chi connectivity index (χ0) is 32.0. The Morgan fingerprint density at radius 3 is 2.30 bits per heavy atom. The molecule has 0 aromatic heterocycles. The first-order valence-electron chi connectivity index (χ1n) is 17.0. The molecule has 0 unspecified atom stereocenters. The van der Waals surface area contributed by atoms with Crippen molar-refractivity contribution >= 4 is 16.1 Å². The molecule has 4 saturated carbocycles. The Morgan fingerprint density at radius 2 is 1.64 bits per heavy atom. The molecule has 0 aliphatic heterocycles. The third kappa shape index (κ3) is 6.14. The predicted molar refractivity (Wildman–Crippen MR) is 169 cm³/mol. The SMILES string of the molecule is CC[C@H]1[C@@H](O)[C@@H]2[C@H](CC[C@]3(C)[C@@H]([C@H](C)CCOC(=O)NS(=O)(=O)c4ccc(OC(C)C)cc4)CC[C@@H]23)[C@@]2(C)CC[C@@H](O)C[C@@H]12. The molecule has 9 heteroatoms. The van der Waals surface area contributed by atoms with E-state index in [0.29, 0.717) is 47.7 Å². The molecule has 1 amide bonds. The van der Waals surface area contributed by atoms with Crippen LogP contribution >= 0.6 is 0 Å². The number of sulfonamides is 1. The first kappa shape index (κ1) is 33.5. The van der Waals surface area contributed by atoms with Gasteiger partial charge < -0.3 is 19.7 Å². The lowest BCUT2D eigenvalue weighted by Gasteiger charge is -2.64. The van der Waals surface area contributed by atoms with Crippen LogP contribution in [0.4, 0.5) is 4.79 Å². The minimum absolute atomic E-state index is 0.0285. The number of carbonyl (C=O) groups is 1. The van der Waals surface area contributed by atoms with Gasteiger partial charge >= 0.3 is 6.09 Å². The Kier molecular flexibility index (Phi) is 9.71. The fourth-order valence-corrected chi connectivity index (χ4v) is 11.5. The zero-order valence-corrected chi connectivity index (χ0v) is 28.3. The second-order valence-electron chi connectivity index (χ2n) is 15.3. The van der Waals surface area contributed by atoms with Gasteiger partial charge in [0, 0.05) is 0 Å². The highest BCUT2D eigenvalue weighted by Crippen LogP contribution is 2.69. The first-order valence-corrected chi connectivity index (χ1v) is 18.5. The average Bonchev–Trinajstić information content (AvgIpc) is 3.31. The Bertz CT molecular complexity index is 1270. The lowest BCUT2D eigenvalue weighted by atomic mass is 9.41. The summed E-state index contributed by atoms with van der Waals surface area (Å²) in [6.07, 6.45) is 7.29. The van der Waals surface area contributed by atoms with E-state index < -0.39 is 16.1 Å². The fourth-order valence-electron chi connectivity index (χ4n) is 10.6. The fraction of sp³-hybridized carbons (Fsp3) is 0.800. The lowest BCUT2D eigenvalue weighted by Crippen LogP contribution is -2.62. The van der Waals surface area contributed by atoms with E-state index in [1.165, 1.54) is 12.1 Å². The second-order valence-corrected chi connectivity index (χ2v) is 16.9. The normalized spacial score (nSPS) is 39.1. The average molecular weight is 634 g/mol. The van der Waals surface area contributed by atoms with Crippen LogP contribution in [0.1, 0.15) is 99.3 Å². The molecule has 0 heterocycles. The maximum Gasteiger partial charge on any atom is 0.421 e. The standard InChI is InChI=1S/C35H55NO7S/c1-7-26-30-20-23(37)14-17-35(30,6)29-15-18-34(5)27(12-13-28(34)31(29)32(26)38)22(4)16-19-42-33(39)36-44(40,41)25-10-8-24(9-11-25)43-21(2)3/h8-11,21-23,26-32,37-38H,7,12-20H2,1-6H3,(H,36,39)/t22-,23-,26-,27-,28+,29+,30+,31+,32-,34-,35-/m1/s1.